The van der Waals surface area contributed by atoms with Crippen molar-refractivity contribution in [2.24, 2.45) is 0 Å². The molecule has 0 aliphatic carbocycles. The number of furan rings is 2. The summed E-state index contributed by atoms with van der Waals surface area (Å²) in [5, 5.41) is 11.3. The fourth-order valence-corrected chi connectivity index (χ4v) is 10.8. The molecule has 0 spiro atoms. The standard InChI is InChI=1S/C66H42N2O2/c1-5-19-45(20-6-1)65-53-27-15-13-17-43(53)29-35-59(65)67(49-23-9-3-10-24-49)51-31-33-55-57-37-47-40-62-58(38-48(47)39-61(57)69-63(55)41-51)56-34-32-52(42-64(56)70-62)68(50-25-11-4-12-26-50)60-36-30-44-18-14-16-28-54(44)66(60)46-21-7-2-8-22-46/h1-42H. The van der Waals surface area contributed by atoms with Crippen molar-refractivity contribution in [2.75, 3.05) is 9.80 Å². The summed E-state index contributed by atoms with van der Waals surface area (Å²) < 4.78 is 13.7. The molecule has 0 saturated heterocycles. The van der Waals surface area contributed by atoms with Gasteiger partial charge in [0.15, 0.2) is 0 Å². The van der Waals surface area contributed by atoms with Crippen LogP contribution in [0.1, 0.15) is 0 Å². The summed E-state index contributed by atoms with van der Waals surface area (Å²) in [7, 11) is 0. The zero-order valence-corrected chi connectivity index (χ0v) is 38.0. The molecule has 4 heteroatoms. The summed E-state index contributed by atoms with van der Waals surface area (Å²) in [6, 6.07) is 91.0. The predicted octanol–water partition coefficient (Wildman–Crippen LogP) is 19.2. The molecular weight excluding hydrogens is 853 g/mol. The van der Waals surface area contributed by atoms with Gasteiger partial charge >= 0.3 is 0 Å². The average molecular weight is 895 g/mol. The van der Waals surface area contributed by atoms with Gasteiger partial charge in [-0.1, -0.05) is 158 Å². The van der Waals surface area contributed by atoms with E-state index in [1.54, 1.807) is 0 Å². The fourth-order valence-electron chi connectivity index (χ4n) is 10.8. The molecular formula is C66H42N2O2. The van der Waals surface area contributed by atoms with Crippen LogP contribution in [-0.4, -0.2) is 0 Å². The van der Waals surface area contributed by atoms with E-state index in [4.69, 9.17) is 8.83 Å². The topological polar surface area (TPSA) is 32.8 Å². The number of hydrogen-bond donors (Lipinski definition) is 0. The first-order valence-corrected chi connectivity index (χ1v) is 23.8. The van der Waals surface area contributed by atoms with Gasteiger partial charge in [0.2, 0.25) is 0 Å². The number of benzene rings is 12. The Kier molecular flexibility index (Phi) is 9.17. The van der Waals surface area contributed by atoms with Crippen molar-refractivity contribution in [3.05, 3.63) is 255 Å². The smallest absolute Gasteiger partial charge is 0.137 e. The van der Waals surface area contributed by atoms with Gasteiger partial charge in [0, 0.05) is 67.6 Å². The third kappa shape index (κ3) is 6.53. The summed E-state index contributed by atoms with van der Waals surface area (Å²) in [4.78, 5) is 4.71. The van der Waals surface area contributed by atoms with E-state index < -0.39 is 0 Å². The lowest BCUT2D eigenvalue weighted by molar-refractivity contribution is 0.668. The molecule has 14 rings (SSSR count). The maximum absolute atomic E-state index is 6.83. The van der Waals surface area contributed by atoms with Crippen LogP contribution in [0.15, 0.2) is 264 Å². The minimum Gasteiger partial charge on any atom is -0.456 e. The zero-order valence-electron chi connectivity index (χ0n) is 38.0. The molecule has 0 radical (unpaired) electrons. The SMILES string of the molecule is c1ccc(-c2c(N(c3ccccc3)c3ccc4c(c3)oc3cc5cc6c(cc5cc34)oc3cc(N(c4ccccc4)c4ccc5ccccc5c4-c4ccccc4)ccc36)ccc3ccccc23)cc1. The minimum absolute atomic E-state index is 0.831. The second kappa shape index (κ2) is 16.2. The van der Waals surface area contributed by atoms with Crippen LogP contribution >= 0.6 is 0 Å². The average Bonchev–Trinajstić information content (AvgIpc) is 3.96. The molecule has 0 unspecified atom stereocenters. The Hall–Kier alpha value is -9.38. The van der Waals surface area contributed by atoms with Gasteiger partial charge in [-0.2, -0.15) is 0 Å². The van der Waals surface area contributed by atoms with Crippen molar-refractivity contribution >= 4 is 110 Å². The van der Waals surface area contributed by atoms with Crippen LogP contribution in [0.3, 0.4) is 0 Å². The monoisotopic (exact) mass is 894 g/mol. The van der Waals surface area contributed by atoms with Gasteiger partial charge in [-0.3, -0.25) is 0 Å². The van der Waals surface area contributed by atoms with E-state index in [1.807, 2.05) is 0 Å². The van der Waals surface area contributed by atoms with Gasteiger partial charge in [0.05, 0.1) is 11.4 Å². The Balaban J connectivity index is 0.888. The minimum atomic E-state index is 0.831. The first kappa shape index (κ1) is 39.8. The van der Waals surface area contributed by atoms with E-state index in [2.05, 4.69) is 265 Å². The normalized spacial score (nSPS) is 11.7. The highest BCUT2D eigenvalue weighted by Crippen LogP contribution is 2.48. The number of nitrogens with zero attached hydrogens (tertiary/aromatic N) is 2. The molecule has 2 aromatic heterocycles. The fraction of sp³-hybridized carbons (Fsp3) is 0. The molecule has 328 valence electrons. The largest absolute Gasteiger partial charge is 0.456 e. The number of hydrogen-bond acceptors (Lipinski definition) is 4. The molecule has 0 aliphatic heterocycles. The maximum atomic E-state index is 6.83. The van der Waals surface area contributed by atoms with E-state index in [0.29, 0.717) is 0 Å². The molecule has 0 fully saturated rings. The van der Waals surface area contributed by atoms with Crippen LogP contribution in [-0.2, 0) is 0 Å². The molecule has 70 heavy (non-hydrogen) atoms. The second-order valence-electron chi connectivity index (χ2n) is 18.0. The Morgan fingerprint density at radius 3 is 1.03 bits per heavy atom. The van der Waals surface area contributed by atoms with Gasteiger partial charge in [-0.05, 0) is 128 Å². The first-order chi connectivity index (χ1) is 34.7. The van der Waals surface area contributed by atoms with E-state index in [0.717, 1.165) is 88.8 Å². The third-order valence-corrected chi connectivity index (χ3v) is 14.0. The molecule has 4 nitrogen and oxygen atoms in total. The third-order valence-electron chi connectivity index (χ3n) is 14.0. The Labute approximate surface area is 404 Å². The molecule has 2 heterocycles. The Morgan fingerprint density at radius 1 is 0.229 bits per heavy atom. The lowest BCUT2D eigenvalue weighted by Crippen LogP contribution is -2.11. The van der Waals surface area contributed by atoms with Crippen LogP contribution in [0.5, 0.6) is 0 Å². The summed E-state index contributed by atoms with van der Waals surface area (Å²) >= 11 is 0. The number of rotatable bonds is 8. The van der Waals surface area contributed by atoms with Crippen LogP contribution in [0.25, 0.3) is 98.4 Å². The van der Waals surface area contributed by atoms with Gasteiger partial charge in [0.25, 0.3) is 0 Å². The van der Waals surface area contributed by atoms with Crippen molar-refractivity contribution in [3.8, 4) is 22.3 Å². The molecule has 0 bridgehead atoms. The maximum Gasteiger partial charge on any atom is 0.137 e. The zero-order chi connectivity index (χ0) is 46.1. The van der Waals surface area contributed by atoms with Crippen LogP contribution in [0.4, 0.5) is 34.1 Å². The van der Waals surface area contributed by atoms with E-state index in [9.17, 15) is 0 Å². The van der Waals surface area contributed by atoms with Gasteiger partial charge < -0.3 is 18.6 Å². The van der Waals surface area contributed by atoms with Crippen molar-refractivity contribution in [3.63, 3.8) is 0 Å². The van der Waals surface area contributed by atoms with E-state index >= 15 is 0 Å². The summed E-state index contributed by atoms with van der Waals surface area (Å²) in [6.45, 7) is 0. The molecule has 14 aromatic rings. The van der Waals surface area contributed by atoms with Crippen LogP contribution in [0.2, 0.25) is 0 Å². The van der Waals surface area contributed by atoms with E-state index in [-0.39, 0.29) is 0 Å². The molecule has 12 aromatic carbocycles. The molecule has 0 amide bonds. The highest BCUT2D eigenvalue weighted by molar-refractivity contribution is 6.16. The highest BCUT2D eigenvalue weighted by atomic mass is 16.3. The summed E-state index contributed by atoms with van der Waals surface area (Å²) in [5.74, 6) is 0. The quantitative estimate of drug-likeness (QED) is 0.152. The summed E-state index contributed by atoms with van der Waals surface area (Å²) in [6.07, 6.45) is 0. The number of anilines is 6. The Morgan fingerprint density at radius 2 is 0.600 bits per heavy atom. The van der Waals surface area contributed by atoms with Crippen molar-refractivity contribution < 1.29 is 8.83 Å². The number of fused-ring (bicyclic) bond motifs is 9. The molecule has 0 saturated carbocycles. The predicted molar refractivity (Wildman–Crippen MR) is 294 cm³/mol. The van der Waals surface area contributed by atoms with Gasteiger partial charge in [-0.15, -0.1) is 0 Å². The van der Waals surface area contributed by atoms with Crippen LogP contribution in [0, 0.1) is 0 Å². The molecule has 0 atom stereocenters. The molecule has 0 N–H and O–H groups in total. The molecule has 0 aliphatic rings. The highest BCUT2D eigenvalue weighted by Gasteiger charge is 2.23. The summed E-state index contributed by atoms with van der Waals surface area (Å²) in [5.41, 5.74) is 14.4. The Bertz CT molecular complexity index is 4010. The van der Waals surface area contributed by atoms with Crippen molar-refractivity contribution in [1.82, 2.24) is 0 Å². The van der Waals surface area contributed by atoms with Crippen LogP contribution < -0.4 is 9.80 Å². The van der Waals surface area contributed by atoms with Crippen molar-refractivity contribution in [1.29, 1.82) is 0 Å². The lowest BCUT2D eigenvalue weighted by Gasteiger charge is -2.28. The lowest BCUT2D eigenvalue weighted by atomic mass is 9.95. The first-order valence-electron chi connectivity index (χ1n) is 23.8. The second-order valence-corrected chi connectivity index (χ2v) is 18.0. The van der Waals surface area contributed by atoms with E-state index in [1.165, 1.54) is 43.8 Å². The van der Waals surface area contributed by atoms with Gasteiger partial charge in [-0.25, -0.2) is 0 Å². The van der Waals surface area contributed by atoms with Gasteiger partial charge in [0.1, 0.15) is 22.3 Å². The van der Waals surface area contributed by atoms with Crippen molar-refractivity contribution in [2.45, 2.75) is 0 Å². The number of para-hydroxylation sites is 2.